The summed E-state index contributed by atoms with van der Waals surface area (Å²) in [6, 6.07) is 9.36. The quantitative estimate of drug-likeness (QED) is 0.390. The number of anilines is 2. The lowest BCUT2D eigenvalue weighted by Crippen LogP contribution is -2.49. The molecule has 10 heteroatoms. The Kier molecular flexibility index (Phi) is 7.91. The van der Waals surface area contributed by atoms with Gasteiger partial charge in [0.2, 0.25) is 10.0 Å². The third kappa shape index (κ3) is 5.35. The number of sulfonamides is 1. The van der Waals surface area contributed by atoms with Crippen molar-refractivity contribution in [3.63, 3.8) is 0 Å². The topological polar surface area (TPSA) is 96.8 Å². The first-order valence-electron chi connectivity index (χ1n) is 14.4. The average molecular weight is 580 g/mol. The third-order valence-electron chi connectivity index (χ3n) is 8.26. The highest BCUT2D eigenvalue weighted by Crippen LogP contribution is 2.44. The molecule has 9 nitrogen and oxygen atoms in total. The molecule has 1 N–H and O–H groups in total. The molecule has 0 radical (unpaired) electrons. The minimum absolute atomic E-state index is 0.218. The van der Waals surface area contributed by atoms with E-state index in [1.54, 1.807) is 10.5 Å². The number of aromatic nitrogens is 2. The van der Waals surface area contributed by atoms with E-state index in [9.17, 15) is 13.2 Å². The fraction of sp³-hybridized carbons (Fsp3) is 0.484. The van der Waals surface area contributed by atoms with Crippen molar-refractivity contribution >= 4 is 21.4 Å². The maximum Gasteiger partial charge on any atom is 0.296 e. The van der Waals surface area contributed by atoms with Gasteiger partial charge in [-0.05, 0) is 69.9 Å². The Balaban J connectivity index is 1.42. The lowest BCUT2D eigenvalue weighted by Gasteiger charge is -2.36. The summed E-state index contributed by atoms with van der Waals surface area (Å²) in [5.74, 6) is 0.828. The molecule has 3 heterocycles. The average Bonchev–Trinajstić information content (AvgIpc) is 3.29. The number of hydrogen-bond donors (Lipinski definition) is 1. The van der Waals surface area contributed by atoms with Gasteiger partial charge in [-0.15, -0.1) is 0 Å². The van der Waals surface area contributed by atoms with Gasteiger partial charge in [-0.3, -0.25) is 4.79 Å². The number of rotatable bonds is 8. The largest absolute Gasteiger partial charge is 0.487 e. The summed E-state index contributed by atoms with van der Waals surface area (Å²) in [6.45, 7) is 14.1. The van der Waals surface area contributed by atoms with Crippen LogP contribution in [0.15, 0.2) is 46.2 Å². The molecule has 1 aromatic heterocycles. The second kappa shape index (κ2) is 11.1. The van der Waals surface area contributed by atoms with E-state index in [1.807, 2.05) is 65.0 Å². The standard InChI is InChI=1S/C31H41N5O4S/c1-7-8-14-32-27-26(20-33-36(30(27)37)24-12-10-9-11-13-24)34-15-17-35(18-16-34)41(38,39)29-22(3)21(2)28-25(23(29)4)19-31(5,6)40-28/h9-13,20,32H,7-8,14-19H2,1-6H3. The minimum Gasteiger partial charge on any atom is -0.487 e. The van der Waals surface area contributed by atoms with E-state index in [0.717, 1.165) is 40.8 Å². The van der Waals surface area contributed by atoms with Crippen LogP contribution in [0, 0.1) is 20.8 Å². The molecular formula is C31H41N5O4S. The van der Waals surface area contributed by atoms with Crippen LogP contribution in [0.5, 0.6) is 5.75 Å². The van der Waals surface area contributed by atoms with E-state index < -0.39 is 10.0 Å². The fourth-order valence-corrected chi connectivity index (χ4v) is 7.88. The van der Waals surface area contributed by atoms with Gasteiger partial charge < -0.3 is 15.0 Å². The number of fused-ring (bicyclic) bond motifs is 1. The first-order valence-corrected chi connectivity index (χ1v) is 15.9. The first kappa shape index (κ1) is 29.1. The number of hydrogen-bond acceptors (Lipinski definition) is 7. The Morgan fingerprint density at radius 3 is 2.34 bits per heavy atom. The van der Waals surface area contributed by atoms with Crippen molar-refractivity contribution in [2.24, 2.45) is 0 Å². The Morgan fingerprint density at radius 1 is 1.00 bits per heavy atom. The highest BCUT2D eigenvalue weighted by atomic mass is 32.2. The van der Waals surface area contributed by atoms with E-state index in [0.29, 0.717) is 61.1 Å². The Morgan fingerprint density at radius 2 is 1.68 bits per heavy atom. The second-order valence-corrected chi connectivity index (χ2v) is 13.6. The van der Waals surface area contributed by atoms with Crippen LogP contribution in [-0.2, 0) is 16.4 Å². The maximum atomic E-state index is 14.1. The minimum atomic E-state index is -3.73. The molecule has 0 aliphatic carbocycles. The summed E-state index contributed by atoms with van der Waals surface area (Å²) in [4.78, 5) is 16.0. The molecule has 1 saturated heterocycles. The van der Waals surface area contributed by atoms with E-state index in [2.05, 4.69) is 22.2 Å². The first-order chi connectivity index (χ1) is 19.5. The van der Waals surface area contributed by atoms with Crippen molar-refractivity contribution in [3.05, 3.63) is 69.1 Å². The molecule has 0 unspecified atom stereocenters. The van der Waals surface area contributed by atoms with E-state index in [4.69, 9.17) is 4.74 Å². The number of unbranched alkanes of at least 4 members (excludes halogenated alkanes) is 1. The molecule has 0 saturated carbocycles. The molecule has 2 aliphatic heterocycles. The Hall–Kier alpha value is -3.37. The summed E-state index contributed by atoms with van der Waals surface area (Å²) < 4.78 is 37.3. The number of piperazine rings is 1. The molecule has 0 amide bonds. The van der Waals surface area contributed by atoms with Gasteiger partial charge in [-0.1, -0.05) is 31.5 Å². The number of para-hydroxylation sites is 1. The van der Waals surface area contributed by atoms with Gasteiger partial charge in [0.15, 0.2) is 0 Å². The van der Waals surface area contributed by atoms with Crippen LogP contribution in [0.25, 0.3) is 5.69 Å². The number of benzene rings is 2. The van der Waals surface area contributed by atoms with Gasteiger partial charge in [0, 0.05) is 44.7 Å². The molecule has 1 fully saturated rings. The summed E-state index contributed by atoms with van der Waals surface area (Å²) >= 11 is 0. The van der Waals surface area contributed by atoms with E-state index >= 15 is 0 Å². The molecule has 3 aromatic rings. The van der Waals surface area contributed by atoms with Crippen LogP contribution in [-0.4, -0.2) is 60.8 Å². The van der Waals surface area contributed by atoms with Gasteiger partial charge in [-0.25, -0.2) is 8.42 Å². The molecular weight excluding hydrogens is 538 g/mol. The number of ether oxygens (including phenoxy) is 1. The SMILES string of the molecule is CCCCNc1c(N2CCN(S(=O)(=O)c3c(C)c(C)c4c(c3C)CC(C)(C)O4)CC2)cnn(-c2ccccc2)c1=O. The van der Waals surface area contributed by atoms with Crippen molar-refractivity contribution in [1.82, 2.24) is 14.1 Å². The summed E-state index contributed by atoms with van der Waals surface area (Å²) in [7, 11) is -3.73. The van der Waals surface area contributed by atoms with Gasteiger partial charge in [0.25, 0.3) is 5.56 Å². The summed E-state index contributed by atoms with van der Waals surface area (Å²) in [5, 5.41) is 7.83. The van der Waals surface area contributed by atoms with Crippen LogP contribution in [0.4, 0.5) is 11.4 Å². The second-order valence-electron chi connectivity index (χ2n) is 11.7. The maximum absolute atomic E-state index is 14.1. The predicted octanol–water partition coefficient (Wildman–Crippen LogP) is 4.59. The van der Waals surface area contributed by atoms with E-state index in [-0.39, 0.29) is 11.2 Å². The van der Waals surface area contributed by atoms with Crippen molar-refractivity contribution in [3.8, 4) is 11.4 Å². The van der Waals surface area contributed by atoms with Gasteiger partial charge in [0.05, 0.1) is 22.5 Å². The molecule has 2 aromatic carbocycles. The molecule has 0 bridgehead atoms. The predicted molar refractivity (Wildman–Crippen MR) is 163 cm³/mol. The van der Waals surface area contributed by atoms with E-state index in [1.165, 1.54) is 4.68 Å². The molecule has 2 aliphatic rings. The molecule has 41 heavy (non-hydrogen) atoms. The zero-order valence-corrected chi connectivity index (χ0v) is 25.8. The van der Waals surface area contributed by atoms with Crippen LogP contribution < -0.4 is 20.5 Å². The van der Waals surface area contributed by atoms with Crippen LogP contribution in [0.2, 0.25) is 0 Å². The summed E-state index contributed by atoms with van der Waals surface area (Å²) in [6.07, 6.45) is 4.33. The Bertz CT molecular complexity index is 1610. The van der Waals surface area contributed by atoms with Gasteiger partial charge in [0.1, 0.15) is 17.0 Å². The molecule has 0 atom stereocenters. The number of nitrogens with one attached hydrogen (secondary N) is 1. The lowest BCUT2D eigenvalue weighted by molar-refractivity contribution is 0.137. The number of nitrogens with zero attached hydrogens (tertiary/aromatic N) is 4. The van der Waals surface area contributed by atoms with Crippen molar-refractivity contribution < 1.29 is 13.2 Å². The monoisotopic (exact) mass is 579 g/mol. The highest BCUT2D eigenvalue weighted by molar-refractivity contribution is 7.89. The van der Waals surface area contributed by atoms with Crippen LogP contribution in [0.1, 0.15) is 55.9 Å². The molecule has 220 valence electrons. The zero-order valence-electron chi connectivity index (χ0n) is 25.0. The van der Waals surface area contributed by atoms with Crippen LogP contribution >= 0.6 is 0 Å². The zero-order chi connectivity index (χ0) is 29.5. The van der Waals surface area contributed by atoms with Crippen molar-refractivity contribution in [2.75, 3.05) is 42.9 Å². The highest BCUT2D eigenvalue weighted by Gasteiger charge is 2.39. The molecule has 5 rings (SSSR count). The normalized spacial score (nSPS) is 16.9. The van der Waals surface area contributed by atoms with Crippen molar-refractivity contribution in [2.45, 2.75) is 71.3 Å². The lowest BCUT2D eigenvalue weighted by atomic mass is 9.94. The van der Waals surface area contributed by atoms with Gasteiger partial charge >= 0.3 is 0 Å². The smallest absolute Gasteiger partial charge is 0.296 e. The fourth-order valence-electron chi connectivity index (χ4n) is 5.92. The molecule has 0 spiro atoms. The summed E-state index contributed by atoms with van der Waals surface area (Å²) in [5.41, 5.74) is 4.73. The third-order valence-corrected chi connectivity index (χ3v) is 10.4. The van der Waals surface area contributed by atoms with Gasteiger partial charge in [-0.2, -0.15) is 14.1 Å². The Labute approximate surface area is 243 Å². The van der Waals surface area contributed by atoms with Crippen LogP contribution in [0.3, 0.4) is 0 Å². The van der Waals surface area contributed by atoms with Crippen molar-refractivity contribution in [1.29, 1.82) is 0 Å².